The molecule has 0 atom stereocenters. The molecule has 21 heavy (non-hydrogen) atoms. The van der Waals surface area contributed by atoms with Crippen LogP contribution in [0.2, 0.25) is 0 Å². The largest absolute Gasteiger partial charge is 0.417 e. The average Bonchev–Trinajstić information content (AvgIpc) is 2.85. The van der Waals surface area contributed by atoms with E-state index in [-0.39, 0.29) is 11.4 Å². The number of pyridine rings is 2. The molecule has 0 aliphatic rings. The van der Waals surface area contributed by atoms with Crippen molar-refractivity contribution < 1.29 is 13.2 Å². The van der Waals surface area contributed by atoms with Gasteiger partial charge >= 0.3 is 6.18 Å². The van der Waals surface area contributed by atoms with Crippen LogP contribution in [-0.2, 0) is 6.18 Å². The highest BCUT2D eigenvalue weighted by Gasteiger charge is 2.34. The van der Waals surface area contributed by atoms with Crippen molar-refractivity contribution in [3.63, 3.8) is 0 Å². The van der Waals surface area contributed by atoms with Crippen molar-refractivity contribution in [2.45, 2.75) is 6.18 Å². The van der Waals surface area contributed by atoms with E-state index in [9.17, 15) is 13.2 Å². The first-order valence-corrected chi connectivity index (χ1v) is 6.01. The minimum atomic E-state index is -4.50. The monoisotopic (exact) mass is 290 g/mol. The van der Waals surface area contributed by atoms with E-state index in [1.807, 2.05) is 0 Å². The van der Waals surface area contributed by atoms with Crippen LogP contribution in [0.25, 0.3) is 16.9 Å². The van der Waals surface area contributed by atoms with Gasteiger partial charge in [-0.25, -0.2) is 4.98 Å². The summed E-state index contributed by atoms with van der Waals surface area (Å²) in [7, 11) is 0. The summed E-state index contributed by atoms with van der Waals surface area (Å²) in [5.41, 5.74) is -0.0360. The molecule has 3 aromatic heterocycles. The summed E-state index contributed by atoms with van der Waals surface area (Å²) in [6.07, 6.45) is 0.363. The van der Waals surface area contributed by atoms with E-state index in [4.69, 9.17) is 5.41 Å². The van der Waals surface area contributed by atoms with E-state index in [0.717, 1.165) is 24.7 Å². The highest BCUT2D eigenvalue weighted by molar-refractivity contribution is 5.87. The lowest BCUT2D eigenvalue weighted by molar-refractivity contribution is -0.137. The molecule has 0 fully saturated rings. The number of hydrogen-bond donors (Lipinski definition) is 1. The molecule has 0 radical (unpaired) electrons. The fraction of sp³-hybridized carbons (Fsp3) is 0.0714. The molecular formula is C14H9F3N4. The molecule has 4 nitrogen and oxygen atoms in total. The Kier molecular flexibility index (Phi) is 2.97. The van der Waals surface area contributed by atoms with Crippen molar-refractivity contribution in [3.8, 4) is 11.4 Å². The van der Waals surface area contributed by atoms with E-state index in [2.05, 4.69) is 9.97 Å². The van der Waals surface area contributed by atoms with Gasteiger partial charge < -0.3 is 5.41 Å². The third-order valence-corrected chi connectivity index (χ3v) is 3.08. The molecule has 0 aliphatic heterocycles. The number of rotatable bonds is 2. The van der Waals surface area contributed by atoms with E-state index < -0.39 is 11.7 Å². The fourth-order valence-electron chi connectivity index (χ4n) is 2.18. The Balaban J connectivity index is 2.34. The molecule has 106 valence electrons. The number of hydrogen-bond acceptors (Lipinski definition) is 3. The SMILES string of the molecule is N=Cc1nc(-c2cnccc2C(F)(F)F)n2ccccc12. The third-order valence-electron chi connectivity index (χ3n) is 3.08. The summed E-state index contributed by atoms with van der Waals surface area (Å²) in [6, 6.07) is 6.04. The summed E-state index contributed by atoms with van der Waals surface area (Å²) in [5.74, 6) is 0.115. The summed E-state index contributed by atoms with van der Waals surface area (Å²) in [6.45, 7) is 0. The van der Waals surface area contributed by atoms with Crippen molar-refractivity contribution in [2.24, 2.45) is 0 Å². The van der Waals surface area contributed by atoms with Gasteiger partial charge in [0.25, 0.3) is 0 Å². The van der Waals surface area contributed by atoms with Crippen molar-refractivity contribution >= 4 is 11.7 Å². The molecule has 3 aromatic rings. The lowest BCUT2D eigenvalue weighted by atomic mass is 10.1. The summed E-state index contributed by atoms with van der Waals surface area (Å²) in [4.78, 5) is 7.90. The van der Waals surface area contributed by atoms with Crippen LogP contribution in [0.15, 0.2) is 42.9 Å². The van der Waals surface area contributed by atoms with Crippen molar-refractivity contribution in [1.29, 1.82) is 5.41 Å². The third kappa shape index (κ3) is 2.16. The van der Waals surface area contributed by atoms with Gasteiger partial charge in [0.1, 0.15) is 11.5 Å². The molecule has 0 aliphatic carbocycles. The van der Waals surface area contributed by atoms with Gasteiger partial charge in [0.05, 0.1) is 11.1 Å². The Morgan fingerprint density at radius 1 is 1.19 bits per heavy atom. The summed E-state index contributed by atoms with van der Waals surface area (Å²) < 4.78 is 40.9. The first kappa shape index (κ1) is 13.3. The van der Waals surface area contributed by atoms with Crippen LogP contribution in [0.3, 0.4) is 0 Å². The zero-order valence-corrected chi connectivity index (χ0v) is 10.6. The average molecular weight is 290 g/mol. The van der Waals surface area contributed by atoms with Gasteiger partial charge in [-0.15, -0.1) is 0 Å². The summed E-state index contributed by atoms with van der Waals surface area (Å²) in [5, 5.41) is 7.34. The van der Waals surface area contributed by atoms with Gasteiger partial charge in [-0.2, -0.15) is 13.2 Å². The van der Waals surface area contributed by atoms with Crippen LogP contribution in [-0.4, -0.2) is 20.6 Å². The highest BCUT2D eigenvalue weighted by atomic mass is 19.4. The van der Waals surface area contributed by atoms with Gasteiger partial charge in [0, 0.05) is 30.4 Å². The first-order chi connectivity index (χ1) is 10.0. The normalized spacial score (nSPS) is 11.8. The number of halogens is 3. The highest BCUT2D eigenvalue weighted by Crippen LogP contribution is 2.36. The molecule has 0 saturated heterocycles. The molecule has 7 heteroatoms. The van der Waals surface area contributed by atoms with E-state index >= 15 is 0 Å². The van der Waals surface area contributed by atoms with Crippen LogP contribution < -0.4 is 0 Å². The maximum absolute atomic E-state index is 13.1. The quantitative estimate of drug-likeness (QED) is 0.735. The smallest absolute Gasteiger partial charge is 0.306 e. The molecular weight excluding hydrogens is 281 g/mol. The van der Waals surface area contributed by atoms with Crippen LogP contribution in [0.1, 0.15) is 11.3 Å². The molecule has 0 bridgehead atoms. The second-order valence-corrected chi connectivity index (χ2v) is 4.34. The second kappa shape index (κ2) is 4.69. The molecule has 0 aromatic carbocycles. The van der Waals surface area contributed by atoms with Crippen LogP contribution in [0.4, 0.5) is 13.2 Å². The molecule has 3 heterocycles. The zero-order chi connectivity index (χ0) is 15.0. The standard InChI is InChI=1S/C14H9F3N4/c15-14(16,17)10-4-5-19-8-9(10)13-20-11(7-18)12-3-1-2-6-21(12)13/h1-8,18H. The number of nitrogens with one attached hydrogen (secondary N) is 1. The van der Waals surface area contributed by atoms with Gasteiger partial charge in [-0.05, 0) is 18.2 Å². The lowest BCUT2D eigenvalue weighted by Crippen LogP contribution is -2.08. The Morgan fingerprint density at radius 2 is 2.00 bits per heavy atom. The summed E-state index contributed by atoms with van der Waals surface area (Å²) >= 11 is 0. The van der Waals surface area contributed by atoms with Gasteiger partial charge in [0.15, 0.2) is 0 Å². The number of alkyl halides is 3. The topological polar surface area (TPSA) is 54.0 Å². The lowest BCUT2D eigenvalue weighted by Gasteiger charge is -2.11. The predicted octanol–water partition coefficient (Wildman–Crippen LogP) is 3.41. The zero-order valence-electron chi connectivity index (χ0n) is 10.6. The minimum Gasteiger partial charge on any atom is -0.306 e. The molecule has 0 saturated carbocycles. The maximum Gasteiger partial charge on any atom is 0.417 e. The van der Waals surface area contributed by atoms with Crippen molar-refractivity contribution in [2.75, 3.05) is 0 Å². The Hall–Kier alpha value is -2.70. The maximum atomic E-state index is 13.1. The Bertz CT molecular complexity index is 820. The van der Waals surface area contributed by atoms with Crippen LogP contribution in [0.5, 0.6) is 0 Å². The van der Waals surface area contributed by atoms with E-state index in [0.29, 0.717) is 11.2 Å². The molecule has 1 N–H and O–H groups in total. The minimum absolute atomic E-state index is 0.112. The number of nitrogens with zero attached hydrogens (tertiary/aromatic N) is 3. The van der Waals surface area contributed by atoms with E-state index in [1.54, 1.807) is 24.4 Å². The van der Waals surface area contributed by atoms with Gasteiger partial charge in [0.2, 0.25) is 0 Å². The van der Waals surface area contributed by atoms with Crippen molar-refractivity contribution in [1.82, 2.24) is 14.4 Å². The molecule has 0 spiro atoms. The first-order valence-electron chi connectivity index (χ1n) is 6.01. The van der Waals surface area contributed by atoms with E-state index in [1.165, 1.54) is 4.40 Å². The number of imidazole rings is 1. The second-order valence-electron chi connectivity index (χ2n) is 4.34. The number of aromatic nitrogens is 3. The Labute approximate surface area is 117 Å². The molecule has 0 unspecified atom stereocenters. The van der Waals surface area contributed by atoms with Gasteiger partial charge in [-0.3, -0.25) is 9.38 Å². The van der Waals surface area contributed by atoms with Crippen LogP contribution in [0, 0.1) is 5.41 Å². The van der Waals surface area contributed by atoms with Crippen molar-refractivity contribution in [3.05, 3.63) is 54.1 Å². The fourth-order valence-corrected chi connectivity index (χ4v) is 2.18. The molecule has 0 amide bonds. The Morgan fingerprint density at radius 3 is 2.71 bits per heavy atom. The van der Waals surface area contributed by atoms with Gasteiger partial charge in [-0.1, -0.05) is 6.07 Å². The van der Waals surface area contributed by atoms with Crippen LogP contribution >= 0.6 is 0 Å². The predicted molar refractivity (Wildman–Crippen MR) is 71.3 cm³/mol. The molecule has 3 rings (SSSR count). The number of fused-ring (bicyclic) bond motifs is 1.